The topological polar surface area (TPSA) is 174 Å². The third-order valence-electron chi connectivity index (χ3n) is 3.66. The van der Waals surface area contributed by atoms with Gasteiger partial charge in [0, 0.05) is 17.6 Å². The molecule has 12 nitrogen and oxygen atoms in total. The Morgan fingerprint density at radius 1 is 1.17 bits per heavy atom. The molecule has 3 heterocycles. The van der Waals surface area contributed by atoms with Crippen molar-refractivity contribution in [1.29, 1.82) is 0 Å². The van der Waals surface area contributed by atoms with Gasteiger partial charge in [-0.1, -0.05) is 6.07 Å². The number of anilines is 1. The molecule has 3 aromatic heterocycles. The third-order valence-corrected chi connectivity index (χ3v) is 5.36. The molecule has 150 valence electrons. The minimum absolute atomic E-state index is 0.0179. The molecule has 0 saturated carbocycles. The summed E-state index contributed by atoms with van der Waals surface area (Å²) in [5, 5.41) is 12.5. The number of primary amides is 1. The lowest BCUT2D eigenvalue weighted by molar-refractivity contribution is 0.0692. The summed E-state index contributed by atoms with van der Waals surface area (Å²) in [5.74, 6) is -2.07. The van der Waals surface area contributed by atoms with E-state index >= 15 is 0 Å². The predicted molar refractivity (Wildman–Crippen MR) is 99.1 cm³/mol. The van der Waals surface area contributed by atoms with E-state index in [-0.39, 0.29) is 10.1 Å². The van der Waals surface area contributed by atoms with E-state index in [2.05, 4.69) is 20.1 Å². The van der Waals surface area contributed by atoms with E-state index in [0.29, 0.717) is 11.4 Å². The lowest BCUT2D eigenvalue weighted by atomic mass is 10.4. The Labute approximate surface area is 164 Å². The first-order valence-corrected chi connectivity index (χ1v) is 9.46. The minimum atomic E-state index is -4.88. The minimum Gasteiger partial charge on any atom is -0.478 e. The molecule has 0 aliphatic heterocycles. The van der Waals surface area contributed by atoms with Gasteiger partial charge in [-0.3, -0.25) is 0 Å². The molecule has 0 fully saturated rings. The number of aromatic nitrogens is 5. The van der Waals surface area contributed by atoms with Crippen molar-refractivity contribution in [2.75, 3.05) is 4.31 Å². The second-order valence-electron chi connectivity index (χ2n) is 5.83. The molecule has 0 bridgehead atoms. The molecule has 0 aliphatic rings. The zero-order valence-electron chi connectivity index (χ0n) is 15.2. The second-order valence-corrected chi connectivity index (χ2v) is 7.53. The highest BCUT2D eigenvalue weighted by atomic mass is 32.2. The zero-order chi connectivity index (χ0) is 21.3. The molecule has 0 radical (unpaired) electrons. The van der Waals surface area contributed by atoms with Crippen LogP contribution in [0.4, 0.5) is 10.7 Å². The fraction of sp³-hybridized carbons (Fsp3) is 0.125. The molecule has 29 heavy (non-hydrogen) atoms. The first-order chi connectivity index (χ1) is 13.6. The molecule has 0 aromatic carbocycles. The van der Waals surface area contributed by atoms with E-state index < -0.39 is 38.6 Å². The van der Waals surface area contributed by atoms with Crippen LogP contribution in [-0.2, 0) is 10.0 Å². The number of urea groups is 1. The number of hydrogen-bond acceptors (Lipinski definition) is 8. The number of nitrogens with zero attached hydrogens (tertiary/aromatic N) is 6. The molecule has 3 N–H and O–H groups in total. The maximum atomic E-state index is 13.4. The van der Waals surface area contributed by atoms with Gasteiger partial charge in [-0.25, -0.2) is 29.2 Å². The van der Waals surface area contributed by atoms with E-state index in [1.54, 1.807) is 32.0 Å². The Bertz CT molecular complexity index is 1190. The molecular weight excluding hydrogens is 402 g/mol. The van der Waals surface area contributed by atoms with Gasteiger partial charge in [0.1, 0.15) is 5.56 Å². The van der Waals surface area contributed by atoms with Gasteiger partial charge in [0.25, 0.3) is 10.0 Å². The number of aryl methyl sites for hydroxylation is 2. The quantitative estimate of drug-likeness (QED) is 0.603. The molecule has 0 unspecified atom stereocenters. The van der Waals surface area contributed by atoms with Crippen molar-refractivity contribution in [2.24, 2.45) is 5.73 Å². The van der Waals surface area contributed by atoms with Crippen LogP contribution in [0.15, 0.2) is 41.7 Å². The molecule has 0 atom stereocenters. The van der Waals surface area contributed by atoms with Gasteiger partial charge in [-0.2, -0.15) is 13.5 Å². The number of sulfonamides is 1. The molecular formula is C16H15N7O5S. The Kier molecular flexibility index (Phi) is 4.99. The zero-order valence-corrected chi connectivity index (χ0v) is 16.0. The van der Waals surface area contributed by atoms with E-state index in [0.717, 1.165) is 10.9 Å². The molecule has 3 rings (SSSR count). The third kappa shape index (κ3) is 3.62. The summed E-state index contributed by atoms with van der Waals surface area (Å²) in [4.78, 5) is 35.6. The number of carbonyl (C=O) groups excluding carboxylic acids is 1. The van der Waals surface area contributed by atoms with Crippen molar-refractivity contribution in [3.05, 3.63) is 53.6 Å². The lowest BCUT2D eigenvalue weighted by Crippen LogP contribution is -2.43. The summed E-state index contributed by atoms with van der Waals surface area (Å²) >= 11 is 0. The molecule has 2 amide bonds. The fourth-order valence-corrected chi connectivity index (χ4v) is 4.07. The Morgan fingerprint density at radius 2 is 1.83 bits per heavy atom. The lowest BCUT2D eigenvalue weighted by Gasteiger charge is -2.20. The van der Waals surface area contributed by atoms with Crippen LogP contribution in [0.1, 0.15) is 21.7 Å². The van der Waals surface area contributed by atoms with Gasteiger partial charge < -0.3 is 10.8 Å². The van der Waals surface area contributed by atoms with Crippen molar-refractivity contribution in [3.8, 4) is 5.82 Å². The monoisotopic (exact) mass is 417 g/mol. The highest BCUT2D eigenvalue weighted by Crippen LogP contribution is 2.26. The summed E-state index contributed by atoms with van der Waals surface area (Å²) in [7, 11) is -4.88. The van der Waals surface area contributed by atoms with Crippen molar-refractivity contribution in [2.45, 2.75) is 18.9 Å². The second kappa shape index (κ2) is 7.27. The summed E-state index contributed by atoms with van der Waals surface area (Å²) in [6.45, 7) is 3.15. The highest BCUT2D eigenvalue weighted by molar-refractivity contribution is 7.93. The Morgan fingerprint density at radius 3 is 2.34 bits per heavy atom. The smallest absolute Gasteiger partial charge is 0.340 e. The largest absolute Gasteiger partial charge is 0.478 e. The SMILES string of the molecule is Cc1cc(C)nc(N(C(N)=O)S(=O)(=O)c2c(C(=O)O)cnn2-c2ccccn2)n1. The normalized spacial score (nSPS) is 11.2. The molecule has 0 saturated heterocycles. The number of carboxylic acids is 1. The highest BCUT2D eigenvalue weighted by Gasteiger charge is 2.39. The van der Waals surface area contributed by atoms with Crippen LogP contribution >= 0.6 is 0 Å². The molecule has 0 spiro atoms. The van der Waals surface area contributed by atoms with E-state index in [1.165, 1.54) is 12.3 Å². The summed E-state index contributed by atoms with van der Waals surface area (Å²) in [5.41, 5.74) is 5.40. The van der Waals surface area contributed by atoms with Gasteiger partial charge in [0.05, 0.1) is 6.20 Å². The van der Waals surface area contributed by atoms with Gasteiger partial charge in [0.15, 0.2) is 10.8 Å². The van der Waals surface area contributed by atoms with Crippen LogP contribution in [0.2, 0.25) is 0 Å². The number of carboxylic acid groups (broad SMARTS) is 1. The van der Waals surface area contributed by atoms with Crippen molar-refractivity contribution in [1.82, 2.24) is 24.7 Å². The van der Waals surface area contributed by atoms with Crippen molar-refractivity contribution >= 4 is 28.0 Å². The summed E-state index contributed by atoms with van der Waals surface area (Å²) in [6, 6.07) is 4.70. The van der Waals surface area contributed by atoms with Crippen LogP contribution in [0, 0.1) is 13.8 Å². The van der Waals surface area contributed by atoms with Crippen LogP contribution in [0.3, 0.4) is 0 Å². The fourth-order valence-electron chi connectivity index (χ4n) is 2.58. The number of pyridine rings is 1. The van der Waals surface area contributed by atoms with E-state index in [1.807, 2.05) is 0 Å². The number of carbonyl (C=O) groups is 2. The van der Waals surface area contributed by atoms with Gasteiger partial charge in [0.2, 0.25) is 5.95 Å². The number of aromatic carboxylic acids is 1. The predicted octanol–water partition coefficient (Wildman–Crippen LogP) is 0.646. The van der Waals surface area contributed by atoms with E-state index in [9.17, 15) is 23.1 Å². The number of hydrogen-bond donors (Lipinski definition) is 2. The summed E-state index contributed by atoms with van der Waals surface area (Å²) in [6.07, 6.45) is 2.21. The standard InChI is InChI=1S/C16H15N7O5S/c1-9-7-10(2)21-16(20-9)23(15(17)26)29(27,28)13-11(14(24)25)8-19-22(13)12-5-3-4-6-18-12/h3-8H,1-2H3,(H2,17,26)(H,24,25). The van der Waals surface area contributed by atoms with Crippen molar-refractivity contribution < 1.29 is 23.1 Å². The van der Waals surface area contributed by atoms with Crippen LogP contribution in [0.5, 0.6) is 0 Å². The molecule has 13 heteroatoms. The van der Waals surface area contributed by atoms with Crippen molar-refractivity contribution in [3.63, 3.8) is 0 Å². The first-order valence-electron chi connectivity index (χ1n) is 8.02. The molecule has 0 aliphatic carbocycles. The number of rotatable bonds is 5. The average molecular weight is 417 g/mol. The Balaban J connectivity index is 2.31. The van der Waals surface area contributed by atoms with Gasteiger partial charge >= 0.3 is 12.0 Å². The van der Waals surface area contributed by atoms with Gasteiger partial charge in [-0.15, -0.1) is 4.31 Å². The number of amides is 2. The summed E-state index contributed by atoms with van der Waals surface area (Å²) < 4.78 is 27.7. The van der Waals surface area contributed by atoms with Crippen LogP contribution < -0.4 is 10.0 Å². The van der Waals surface area contributed by atoms with Gasteiger partial charge in [-0.05, 0) is 32.0 Å². The Hall–Kier alpha value is -3.87. The van der Waals surface area contributed by atoms with Crippen LogP contribution in [0.25, 0.3) is 5.82 Å². The number of nitrogens with two attached hydrogens (primary N) is 1. The maximum Gasteiger partial charge on any atom is 0.340 e. The first kappa shape index (κ1) is 19.9. The van der Waals surface area contributed by atoms with E-state index in [4.69, 9.17) is 5.73 Å². The average Bonchev–Trinajstić information content (AvgIpc) is 3.07. The van der Waals surface area contributed by atoms with Crippen LogP contribution in [-0.4, -0.2) is 50.3 Å². The molecule has 3 aromatic rings. The maximum absolute atomic E-state index is 13.4.